The van der Waals surface area contributed by atoms with Crippen molar-refractivity contribution >= 4 is 11.8 Å². The van der Waals surface area contributed by atoms with Crippen LogP contribution in [0.2, 0.25) is 0 Å². The molecule has 4 fully saturated rings. The average Bonchev–Trinajstić information content (AvgIpc) is 3.19. The summed E-state index contributed by atoms with van der Waals surface area (Å²) in [6.45, 7) is -3.26. The van der Waals surface area contributed by atoms with Crippen LogP contribution in [0.15, 0.2) is 24.3 Å². The van der Waals surface area contributed by atoms with Crippen LogP contribution in [0.4, 0.5) is 0 Å². The third kappa shape index (κ3) is 9.14. The summed E-state index contributed by atoms with van der Waals surface area (Å²) < 4.78 is 32.5. The molecule has 4 aliphatic rings. The molecule has 0 radical (unpaired) electrons. The molecule has 318 valence electrons. The van der Waals surface area contributed by atoms with Crippen LogP contribution in [0.1, 0.15) is 20.7 Å². The van der Waals surface area contributed by atoms with E-state index >= 15 is 0 Å². The van der Waals surface area contributed by atoms with Gasteiger partial charge in [0.15, 0.2) is 25.0 Å². The zero-order chi connectivity index (χ0) is 41.2. The minimum Gasteiger partial charge on any atom is -0.394 e. The topological polar surface area (TPSA) is 397 Å². The first-order chi connectivity index (χ1) is 26.6. The maximum atomic E-state index is 13.2. The lowest BCUT2D eigenvalue weighted by molar-refractivity contribution is -0.342. The van der Waals surface area contributed by atoms with Gasteiger partial charge in [-0.15, -0.1) is 0 Å². The van der Waals surface area contributed by atoms with Gasteiger partial charge in [0.2, 0.25) is 0 Å². The van der Waals surface area contributed by atoms with Gasteiger partial charge < -0.3 is 111 Å². The van der Waals surface area contributed by atoms with Crippen molar-refractivity contribution in [1.82, 2.24) is 10.6 Å². The zero-order valence-corrected chi connectivity index (χ0v) is 29.2. The molecule has 0 aromatic heterocycles. The summed E-state index contributed by atoms with van der Waals surface area (Å²) in [6, 6.07) is 4.68. The minimum absolute atomic E-state index is 0.110. The lowest BCUT2D eigenvalue weighted by Gasteiger charge is -2.46. The van der Waals surface area contributed by atoms with Crippen LogP contribution in [-0.4, -0.2) is 232 Å². The highest BCUT2D eigenvalue weighted by Crippen LogP contribution is 2.31. The van der Waals surface area contributed by atoms with Crippen LogP contribution in [0, 0.1) is 0 Å². The van der Waals surface area contributed by atoms with Gasteiger partial charge in [0.25, 0.3) is 11.8 Å². The molecule has 24 heteroatoms. The van der Waals surface area contributed by atoms with E-state index in [1.54, 1.807) is 0 Å². The van der Waals surface area contributed by atoms with Crippen LogP contribution in [0.25, 0.3) is 0 Å². The number of rotatable bonds is 12. The van der Waals surface area contributed by atoms with Gasteiger partial charge in [0.1, 0.15) is 97.7 Å². The monoisotopic (exact) mass is 812 g/mol. The Balaban J connectivity index is 1.22. The van der Waals surface area contributed by atoms with Crippen molar-refractivity contribution in [2.45, 2.75) is 123 Å². The molecule has 20 atom stereocenters. The Kier molecular flexibility index (Phi) is 15.1. The van der Waals surface area contributed by atoms with E-state index in [0.717, 1.165) is 0 Å². The summed E-state index contributed by atoms with van der Waals surface area (Å²) in [7, 11) is 0. The molecule has 4 saturated heterocycles. The number of carbonyl (C=O) groups is 2. The Bertz CT molecular complexity index is 1340. The fourth-order valence-electron chi connectivity index (χ4n) is 6.60. The van der Waals surface area contributed by atoms with Gasteiger partial charge in [-0.3, -0.25) is 9.59 Å². The van der Waals surface area contributed by atoms with Crippen molar-refractivity contribution in [2.75, 3.05) is 26.4 Å². The smallest absolute Gasteiger partial charge is 0.253 e. The molecule has 16 N–H and O–H groups in total. The van der Waals surface area contributed by atoms with Crippen LogP contribution < -0.4 is 10.6 Å². The molecule has 4 aliphatic heterocycles. The van der Waals surface area contributed by atoms with Crippen molar-refractivity contribution in [3.8, 4) is 0 Å². The Morgan fingerprint density at radius 2 is 0.750 bits per heavy atom. The molecule has 4 heterocycles. The predicted octanol–water partition coefficient (Wildman–Crippen LogP) is -9.61. The number of hydrogen-bond donors (Lipinski definition) is 16. The first kappa shape index (κ1) is 44.5. The first-order valence-electron chi connectivity index (χ1n) is 17.4. The van der Waals surface area contributed by atoms with E-state index in [1.807, 2.05) is 0 Å². The number of amides is 2. The highest BCUT2D eigenvalue weighted by Gasteiger charge is 2.52. The summed E-state index contributed by atoms with van der Waals surface area (Å²) in [5.74, 6) is -1.81. The Morgan fingerprint density at radius 3 is 1.05 bits per heavy atom. The van der Waals surface area contributed by atoms with Crippen molar-refractivity contribution < 1.29 is 110 Å². The third-order valence-corrected chi connectivity index (χ3v) is 9.97. The van der Waals surface area contributed by atoms with Gasteiger partial charge >= 0.3 is 0 Å². The highest BCUT2D eigenvalue weighted by molar-refractivity contribution is 5.98. The highest BCUT2D eigenvalue weighted by atomic mass is 16.7. The molecular weight excluding hydrogens is 764 g/mol. The van der Waals surface area contributed by atoms with Gasteiger partial charge in [-0.1, -0.05) is 0 Å². The van der Waals surface area contributed by atoms with Gasteiger partial charge in [0.05, 0.1) is 26.4 Å². The lowest BCUT2D eigenvalue weighted by atomic mass is 9.96. The van der Waals surface area contributed by atoms with Gasteiger partial charge in [-0.05, 0) is 24.3 Å². The van der Waals surface area contributed by atoms with Crippen molar-refractivity contribution in [3.05, 3.63) is 35.4 Å². The lowest BCUT2D eigenvalue weighted by Crippen LogP contribution is -2.66. The van der Waals surface area contributed by atoms with Crippen molar-refractivity contribution in [2.24, 2.45) is 0 Å². The average molecular weight is 813 g/mol. The fourth-order valence-corrected chi connectivity index (χ4v) is 6.60. The van der Waals surface area contributed by atoms with E-state index in [4.69, 9.17) is 28.4 Å². The Labute approximate surface area is 316 Å². The maximum Gasteiger partial charge on any atom is 0.253 e. The molecule has 0 saturated carbocycles. The first-order valence-corrected chi connectivity index (χ1v) is 17.4. The molecule has 2 amide bonds. The minimum atomic E-state index is -1.91. The van der Waals surface area contributed by atoms with E-state index in [0.29, 0.717) is 0 Å². The fraction of sp³-hybridized carbons (Fsp3) is 0.750. The molecule has 1 aromatic rings. The van der Waals surface area contributed by atoms with E-state index in [2.05, 4.69) is 10.6 Å². The Morgan fingerprint density at radius 1 is 0.446 bits per heavy atom. The number of ether oxygens (including phenoxy) is 6. The summed E-state index contributed by atoms with van der Waals surface area (Å²) in [4.78, 5) is 26.4. The predicted molar refractivity (Wildman–Crippen MR) is 174 cm³/mol. The normalized spacial score (nSPS) is 44.5. The molecular formula is C32H48N2O22. The molecule has 0 bridgehead atoms. The summed E-state index contributed by atoms with van der Waals surface area (Å²) >= 11 is 0. The number of carbonyl (C=O) groups excluding carboxylic acids is 2. The summed E-state index contributed by atoms with van der Waals surface area (Å²) in [5, 5.41) is 148. The molecule has 0 spiro atoms. The third-order valence-electron chi connectivity index (χ3n) is 9.97. The molecule has 1 aromatic carbocycles. The second-order valence-corrected chi connectivity index (χ2v) is 13.6. The molecule has 24 nitrogen and oxygen atoms in total. The molecule has 0 aliphatic carbocycles. The summed E-state index contributed by atoms with van der Waals surface area (Å²) in [5.41, 5.74) is -0.221. The van der Waals surface area contributed by atoms with Crippen LogP contribution in [0.5, 0.6) is 0 Å². The van der Waals surface area contributed by atoms with Crippen LogP contribution >= 0.6 is 0 Å². The van der Waals surface area contributed by atoms with Crippen molar-refractivity contribution in [1.29, 1.82) is 0 Å². The number of benzene rings is 1. The Hall–Kier alpha value is -2.64. The largest absolute Gasteiger partial charge is 0.394 e. The number of aliphatic hydroxyl groups excluding tert-OH is 14. The van der Waals surface area contributed by atoms with Gasteiger partial charge in [-0.25, -0.2) is 0 Å². The van der Waals surface area contributed by atoms with Crippen LogP contribution in [0.3, 0.4) is 0 Å². The summed E-state index contributed by atoms with van der Waals surface area (Å²) in [6.07, 6.45) is -34.4. The van der Waals surface area contributed by atoms with E-state index < -0.39 is 161 Å². The van der Waals surface area contributed by atoms with Gasteiger partial charge in [0, 0.05) is 11.1 Å². The number of aliphatic hydroxyl groups is 14. The standard InChI is InChI=1S/C32H48N2O22/c35-5-11-15(39)19(43)21(45)31(53-11)55-25-17(41)13(7-37)51-29(23(25)47)33-27(49)9-1-2-10(4-3-9)28(50)34-30-24(48)26(18(42)14(8-38)52-30)56-32-22(46)20(44)16(40)12(6-36)54-32/h1-4,11-26,29-32,35-48H,5-8H2,(H,33,49)(H,34,50)/t11-,12-,13-,14-,15-,16-,17-,18-,19+,20+,21+,22+,23-,24-,25+,26+,29-,30-,31-,32-/m1/s1. The van der Waals surface area contributed by atoms with Crippen molar-refractivity contribution in [3.63, 3.8) is 0 Å². The molecule has 56 heavy (non-hydrogen) atoms. The van der Waals surface area contributed by atoms with E-state index in [-0.39, 0.29) is 11.1 Å². The SMILES string of the molecule is O=C(N[C@@H]1O[C@H](CO)[C@@H](O)[C@H](O[C@H]2O[C@H](CO)[C@@H](O)[C@H](O)[C@@H]2O)[C@H]1O)c1ccc(C(=O)N[C@@H]2O[C@H](CO)[C@@H](O)[C@H](O[C@H]3O[C@H](CO)[C@@H](O)[C@H](O)[C@@H]3O)[C@H]2O)cc1. The maximum absolute atomic E-state index is 13.2. The molecule has 0 unspecified atom stereocenters. The number of nitrogens with one attached hydrogen (secondary N) is 2. The van der Waals surface area contributed by atoms with E-state index in [9.17, 15) is 81.1 Å². The second kappa shape index (κ2) is 19.0. The molecule has 5 rings (SSSR count). The van der Waals surface area contributed by atoms with Crippen LogP contribution in [-0.2, 0) is 28.4 Å². The van der Waals surface area contributed by atoms with Gasteiger partial charge in [-0.2, -0.15) is 0 Å². The zero-order valence-electron chi connectivity index (χ0n) is 29.2. The second-order valence-electron chi connectivity index (χ2n) is 13.6. The van der Waals surface area contributed by atoms with E-state index in [1.165, 1.54) is 24.3 Å². The quantitative estimate of drug-likeness (QED) is 0.0931. The number of hydrogen-bond acceptors (Lipinski definition) is 22.